The number of ether oxygens (including phenoxy) is 1. The van der Waals surface area contributed by atoms with Crippen LogP contribution in [-0.2, 0) is 17.8 Å². The highest BCUT2D eigenvalue weighted by Crippen LogP contribution is 2.33. The van der Waals surface area contributed by atoms with Crippen molar-refractivity contribution in [2.75, 3.05) is 19.7 Å². The second-order valence-electron chi connectivity index (χ2n) is 5.67. The summed E-state index contributed by atoms with van der Waals surface area (Å²) in [6, 6.07) is 4.67. The van der Waals surface area contributed by atoms with Crippen LogP contribution in [0.2, 0.25) is 0 Å². The maximum absolute atomic E-state index is 12.2. The van der Waals surface area contributed by atoms with Gasteiger partial charge in [0.25, 0.3) is 0 Å². The van der Waals surface area contributed by atoms with Crippen LogP contribution < -0.4 is 10.1 Å². The van der Waals surface area contributed by atoms with Gasteiger partial charge in [-0.05, 0) is 37.5 Å². The molecule has 1 fully saturated rings. The van der Waals surface area contributed by atoms with Gasteiger partial charge in [-0.15, -0.1) is 0 Å². The lowest BCUT2D eigenvalue weighted by Crippen LogP contribution is -2.39. The third kappa shape index (κ3) is 3.40. The minimum Gasteiger partial charge on any atom is -0.493 e. The Morgan fingerprint density at radius 3 is 3.00 bits per heavy atom. The molecule has 1 amide bonds. The van der Waals surface area contributed by atoms with Gasteiger partial charge in [-0.3, -0.25) is 4.79 Å². The Hall–Kier alpha value is -1.07. The lowest BCUT2D eigenvalue weighted by molar-refractivity contribution is -0.130. The molecular formula is C16H21BrN2O2. The Bertz CT molecular complexity index is 543. The van der Waals surface area contributed by atoms with Gasteiger partial charge in [0.15, 0.2) is 0 Å². The first-order chi connectivity index (χ1) is 10.2. The van der Waals surface area contributed by atoms with E-state index in [4.69, 9.17) is 4.74 Å². The predicted octanol–water partition coefficient (Wildman–Crippen LogP) is 2.48. The van der Waals surface area contributed by atoms with Crippen LogP contribution in [0.5, 0.6) is 5.75 Å². The number of amides is 1. The summed E-state index contributed by atoms with van der Waals surface area (Å²) >= 11 is 3.54. The number of halogens is 1. The van der Waals surface area contributed by atoms with Crippen LogP contribution in [0.25, 0.3) is 0 Å². The summed E-state index contributed by atoms with van der Waals surface area (Å²) in [7, 11) is 0. The average Bonchev–Trinajstić information content (AvgIpc) is 3.16. The van der Waals surface area contributed by atoms with Crippen molar-refractivity contribution in [3.63, 3.8) is 0 Å². The molecule has 0 bridgehead atoms. The summed E-state index contributed by atoms with van der Waals surface area (Å²) in [6.45, 7) is 4.66. The first kappa shape index (κ1) is 14.9. The minimum atomic E-state index is 0.201. The molecule has 4 nitrogen and oxygen atoms in total. The van der Waals surface area contributed by atoms with Crippen LogP contribution >= 0.6 is 15.9 Å². The van der Waals surface area contributed by atoms with Gasteiger partial charge in [0.2, 0.25) is 5.91 Å². The molecule has 0 atom stereocenters. The second-order valence-corrected chi connectivity index (χ2v) is 6.58. The molecular weight excluding hydrogens is 332 g/mol. The Morgan fingerprint density at radius 1 is 1.48 bits per heavy atom. The fraction of sp³-hybridized carbons (Fsp3) is 0.562. The highest BCUT2D eigenvalue weighted by molar-refractivity contribution is 9.10. The predicted molar refractivity (Wildman–Crippen MR) is 85.5 cm³/mol. The highest BCUT2D eigenvalue weighted by Gasteiger charge is 2.30. The van der Waals surface area contributed by atoms with Crippen LogP contribution in [0.3, 0.4) is 0 Å². The van der Waals surface area contributed by atoms with Gasteiger partial charge in [0, 0.05) is 35.6 Å². The molecule has 1 aromatic rings. The van der Waals surface area contributed by atoms with Gasteiger partial charge in [-0.25, -0.2) is 0 Å². The average molecular weight is 353 g/mol. The number of rotatable bonds is 6. The molecule has 0 saturated heterocycles. The summed E-state index contributed by atoms with van der Waals surface area (Å²) in [5, 5.41) is 3.26. The van der Waals surface area contributed by atoms with Gasteiger partial charge >= 0.3 is 0 Å². The normalized spacial score (nSPS) is 16.5. The molecule has 1 aromatic carbocycles. The molecule has 0 radical (unpaired) electrons. The van der Waals surface area contributed by atoms with Gasteiger partial charge in [0.1, 0.15) is 5.75 Å². The molecule has 0 spiro atoms. The van der Waals surface area contributed by atoms with Crippen LogP contribution in [0.4, 0.5) is 0 Å². The maximum atomic E-state index is 12.2. The van der Waals surface area contributed by atoms with E-state index in [0.29, 0.717) is 19.1 Å². The zero-order valence-electron chi connectivity index (χ0n) is 12.3. The van der Waals surface area contributed by atoms with E-state index in [-0.39, 0.29) is 5.91 Å². The Kier molecular flexibility index (Phi) is 4.50. The Balaban J connectivity index is 1.57. The monoisotopic (exact) mass is 352 g/mol. The molecule has 1 N–H and O–H groups in total. The first-order valence-corrected chi connectivity index (χ1v) is 8.42. The van der Waals surface area contributed by atoms with Crippen molar-refractivity contribution in [2.45, 2.75) is 38.8 Å². The number of nitrogens with one attached hydrogen (secondary N) is 1. The fourth-order valence-electron chi connectivity index (χ4n) is 2.91. The van der Waals surface area contributed by atoms with E-state index >= 15 is 0 Å². The lowest BCUT2D eigenvalue weighted by atomic mass is 10.1. The van der Waals surface area contributed by atoms with E-state index < -0.39 is 0 Å². The number of likely N-dealkylation sites (N-methyl/N-ethyl adjacent to an activating group) is 1. The summed E-state index contributed by atoms with van der Waals surface area (Å²) in [5.74, 6) is 1.19. The van der Waals surface area contributed by atoms with Crippen LogP contribution in [-0.4, -0.2) is 36.5 Å². The van der Waals surface area contributed by atoms with Gasteiger partial charge in [-0.2, -0.15) is 0 Å². The van der Waals surface area contributed by atoms with Gasteiger partial charge in [0.05, 0.1) is 13.2 Å². The fourth-order valence-corrected chi connectivity index (χ4v) is 3.46. The van der Waals surface area contributed by atoms with Crippen molar-refractivity contribution in [3.8, 4) is 5.75 Å². The molecule has 5 heteroatoms. The molecule has 1 aliphatic heterocycles. The van der Waals surface area contributed by atoms with E-state index in [2.05, 4.69) is 33.4 Å². The molecule has 0 aromatic heterocycles. The zero-order chi connectivity index (χ0) is 14.8. The molecule has 0 unspecified atom stereocenters. The number of benzene rings is 1. The molecule has 3 rings (SSSR count). The lowest BCUT2D eigenvalue weighted by Gasteiger charge is -2.20. The molecule has 1 saturated carbocycles. The number of carbonyl (C=O) groups is 1. The van der Waals surface area contributed by atoms with E-state index in [0.717, 1.165) is 48.2 Å². The molecule has 1 heterocycles. The van der Waals surface area contributed by atoms with E-state index in [9.17, 15) is 4.79 Å². The Labute approximate surface area is 134 Å². The van der Waals surface area contributed by atoms with Crippen molar-refractivity contribution in [1.29, 1.82) is 0 Å². The van der Waals surface area contributed by atoms with Crippen LogP contribution in [0.1, 0.15) is 30.9 Å². The summed E-state index contributed by atoms with van der Waals surface area (Å²) in [5.41, 5.74) is 2.37. The van der Waals surface area contributed by atoms with Gasteiger partial charge < -0.3 is 15.0 Å². The standard InChI is InChI=1S/C16H21BrN2O2/c1-2-19(14-3-4-14)15(20)10-18-9-12-8-13(17)7-11-5-6-21-16(11)12/h7-8,14,18H,2-6,9-10H2,1H3. The molecule has 2 aliphatic rings. The third-order valence-electron chi connectivity index (χ3n) is 4.07. The zero-order valence-corrected chi connectivity index (χ0v) is 13.9. The second kappa shape index (κ2) is 6.36. The molecule has 114 valence electrons. The largest absolute Gasteiger partial charge is 0.493 e. The number of hydrogen-bond acceptors (Lipinski definition) is 3. The van der Waals surface area contributed by atoms with E-state index in [1.807, 2.05) is 11.8 Å². The minimum absolute atomic E-state index is 0.201. The number of hydrogen-bond donors (Lipinski definition) is 1. The Morgan fingerprint density at radius 2 is 2.29 bits per heavy atom. The molecule has 21 heavy (non-hydrogen) atoms. The summed E-state index contributed by atoms with van der Waals surface area (Å²) in [4.78, 5) is 14.2. The summed E-state index contributed by atoms with van der Waals surface area (Å²) < 4.78 is 6.78. The third-order valence-corrected chi connectivity index (χ3v) is 4.52. The van der Waals surface area contributed by atoms with Crippen molar-refractivity contribution in [2.24, 2.45) is 0 Å². The van der Waals surface area contributed by atoms with Crippen LogP contribution in [0.15, 0.2) is 16.6 Å². The van der Waals surface area contributed by atoms with Crippen molar-refractivity contribution in [3.05, 3.63) is 27.7 Å². The summed E-state index contributed by atoms with van der Waals surface area (Å²) in [6.07, 6.45) is 3.28. The quantitative estimate of drug-likeness (QED) is 0.854. The molecule has 1 aliphatic carbocycles. The first-order valence-electron chi connectivity index (χ1n) is 7.63. The van der Waals surface area contributed by atoms with Gasteiger partial charge in [-0.1, -0.05) is 15.9 Å². The van der Waals surface area contributed by atoms with E-state index in [1.165, 1.54) is 5.56 Å². The van der Waals surface area contributed by atoms with E-state index in [1.54, 1.807) is 0 Å². The number of carbonyl (C=O) groups excluding carboxylic acids is 1. The van der Waals surface area contributed by atoms with Crippen LogP contribution in [0, 0.1) is 0 Å². The number of fused-ring (bicyclic) bond motifs is 1. The maximum Gasteiger partial charge on any atom is 0.236 e. The SMILES string of the molecule is CCN(C(=O)CNCc1cc(Br)cc2c1OCC2)C1CC1. The van der Waals surface area contributed by atoms with Crippen molar-refractivity contribution in [1.82, 2.24) is 10.2 Å². The van der Waals surface area contributed by atoms with Crippen molar-refractivity contribution < 1.29 is 9.53 Å². The topological polar surface area (TPSA) is 41.6 Å². The van der Waals surface area contributed by atoms with Crippen molar-refractivity contribution >= 4 is 21.8 Å². The smallest absolute Gasteiger partial charge is 0.236 e. The number of nitrogens with zero attached hydrogens (tertiary/aromatic N) is 1. The highest BCUT2D eigenvalue weighted by atomic mass is 79.9.